The third-order valence-electron chi connectivity index (χ3n) is 4.25. The van der Waals surface area contributed by atoms with Crippen molar-refractivity contribution < 1.29 is 14.3 Å². The summed E-state index contributed by atoms with van der Waals surface area (Å²) < 4.78 is 11.1. The summed E-state index contributed by atoms with van der Waals surface area (Å²) >= 11 is 0. The van der Waals surface area contributed by atoms with Gasteiger partial charge in [0.15, 0.2) is 11.5 Å². The third-order valence-corrected chi connectivity index (χ3v) is 4.25. The van der Waals surface area contributed by atoms with Crippen LogP contribution in [0.25, 0.3) is 0 Å². The van der Waals surface area contributed by atoms with E-state index in [2.05, 4.69) is 18.3 Å². The van der Waals surface area contributed by atoms with Gasteiger partial charge in [0.1, 0.15) is 0 Å². The van der Waals surface area contributed by atoms with E-state index in [9.17, 15) is 4.79 Å². The molecule has 0 aliphatic carbocycles. The van der Waals surface area contributed by atoms with Crippen LogP contribution in [-0.2, 0) is 11.3 Å². The van der Waals surface area contributed by atoms with Crippen LogP contribution >= 0.6 is 12.4 Å². The zero-order valence-corrected chi connectivity index (χ0v) is 16.2. The van der Waals surface area contributed by atoms with Gasteiger partial charge in [-0.05, 0) is 37.0 Å². The molecular weight excluding hydrogens is 340 g/mol. The van der Waals surface area contributed by atoms with Gasteiger partial charge in [0.25, 0.3) is 0 Å². The van der Waals surface area contributed by atoms with Gasteiger partial charge in [-0.15, -0.1) is 12.4 Å². The Morgan fingerprint density at radius 2 is 2.04 bits per heavy atom. The zero-order chi connectivity index (χ0) is 17.2. The Morgan fingerprint density at radius 1 is 1.20 bits per heavy atom. The van der Waals surface area contributed by atoms with Crippen LogP contribution in [0.15, 0.2) is 18.2 Å². The third kappa shape index (κ3) is 7.12. The van der Waals surface area contributed by atoms with E-state index in [0.717, 1.165) is 62.5 Å². The molecule has 0 saturated carbocycles. The molecule has 0 unspecified atom stereocenters. The van der Waals surface area contributed by atoms with E-state index >= 15 is 0 Å². The van der Waals surface area contributed by atoms with Crippen molar-refractivity contribution in [2.45, 2.75) is 45.6 Å². The quantitative estimate of drug-likeness (QED) is 0.677. The van der Waals surface area contributed by atoms with Crippen molar-refractivity contribution in [1.29, 1.82) is 0 Å². The number of hydrogen-bond acceptors (Lipinski definition) is 4. The van der Waals surface area contributed by atoms with Crippen LogP contribution in [0, 0.1) is 0 Å². The lowest BCUT2D eigenvalue weighted by Gasteiger charge is -2.20. The Bertz CT molecular complexity index is 525. The Labute approximate surface area is 157 Å². The maximum absolute atomic E-state index is 12.0. The molecule has 1 aliphatic heterocycles. The van der Waals surface area contributed by atoms with Gasteiger partial charge in [-0.3, -0.25) is 4.79 Å². The van der Waals surface area contributed by atoms with Crippen molar-refractivity contribution >= 4 is 18.3 Å². The molecule has 1 heterocycles. The molecule has 0 bridgehead atoms. The first-order valence-corrected chi connectivity index (χ1v) is 9.02. The first-order valence-electron chi connectivity index (χ1n) is 9.02. The number of ether oxygens (including phenoxy) is 2. The number of carbonyl (C=O) groups is 1. The SMILES string of the molecule is CCCOc1ccc(CNCCN2CCCCCC2=O)cc1OC.Cl. The lowest BCUT2D eigenvalue weighted by atomic mass is 10.2. The Kier molecular flexibility index (Phi) is 10.3. The highest BCUT2D eigenvalue weighted by Gasteiger charge is 2.15. The van der Waals surface area contributed by atoms with Crippen molar-refractivity contribution in [2.24, 2.45) is 0 Å². The molecule has 0 spiro atoms. The molecular formula is C19H31ClN2O3. The predicted molar refractivity (Wildman–Crippen MR) is 103 cm³/mol. The highest BCUT2D eigenvalue weighted by Crippen LogP contribution is 2.28. The second kappa shape index (κ2) is 12.0. The molecule has 1 aromatic carbocycles. The van der Waals surface area contributed by atoms with E-state index in [0.29, 0.717) is 18.9 Å². The van der Waals surface area contributed by atoms with Crippen LogP contribution in [0.4, 0.5) is 0 Å². The van der Waals surface area contributed by atoms with E-state index in [1.807, 2.05) is 17.0 Å². The summed E-state index contributed by atoms with van der Waals surface area (Å²) in [6, 6.07) is 6.02. The maximum Gasteiger partial charge on any atom is 0.222 e. The first-order chi connectivity index (χ1) is 11.7. The van der Waals surface area contributed by atoms with Crippen molar-refractivity contribution in [1.82, 2.24) is 10.2 Å². The summed E-state index contributed by atoms with van der Waals surface area (Å²) in [7, 11) is 1.66. The largest absolute Gasteiger partial charge is 0.493 e. The fourth-order valence-electron chi connectivity index (χ4n) is 2.87. The molecule has 1 fully saturated rings. The summed E-state index contributed by atoms with van der Waals surface area (Å²) in [4.78, 5) is 13.9. The highest BCUT2D eigenvalue weighted by atomic mass is 35.5. The summed E-state index contributed by atoms with van der Waals surface area (Å²) in [6.07, 6.45) is 5.01. The fourth-order valence-corrected chi connectivity index (χ4v) is 2.87. The van der Waals surface area contributed by atoms with Gasteiger partial charge in [-0.25, -0.2) is 0 Å². The van der Waals surface area contributed by atoms with E-state index < -0.39 is 0 Å². The zero-order valence-electron chi connectivity index (χ0n) is 15.4. The van der Waals surface area contributed by atoms with Gasteiger partial charge in [-0.1, -0.05) is 19.4 Å². The van der Waals surface area contributed by atoms with E-state index in [-0.39, 0.29) is 12.4 Å². The molecule has 1 aromatic rings. The molecule has 0 aromatic heterocycles. The van der Waals surface area contributed by atoms with Crippen LogP contribution in [0.3, 0.4) is 0 Å². The van der Waals surface area contributed by atoms with E-state index in [4.69, 9.17) is 9.47 Å². The van der Waals surface area contributed by atoms with Crippen LogP contribution in [0.1, 0.15) is 44.6 Å². The van der Waals surface area contributed by atoms with Crippen LogP contribution in [0.2, 0.25) is 0 Å². The summed E-state index contributed by atoms with van der Waals surface area (Å²) in [5.74, 6) is 1.86. The molecule has 1 saturated heterocycles. The number of nitrogens with zero attached hydrogens (tertiary/aromatic N) is 1. The molecule has 142 valence electrons. The van der Waals surface area contributed by atoms with Crippen LogP contribution < -0.4 is 14.8 Å². The Morgan fingerprint density at radius 3 is 2.80 bits per heavy atom. The molecule has 1 amide bonds. The molecule has 1 N–H and O–H groups in total. The van der Waals surface area contributed by atoms with Crippen molar-refractivity contribution in [3.63, 3.8) is 0 Å². The van der Waals surface area contributed by atoms with E-state index in [1.54, 1.807) is 7.11 Å². The second-order valence-electron chi connectivity index (χ2n) is 6.20. The molecule has 25 heavy (non-hydrogen) atoms. The smallest absolute Gasteiger partial charge is 0.222 e. The van der Waals surface area contributed by atoms with Gasteiger partial charge in [0.2, 0.25) is 5.91 Å². The second-order valence-corrected chi connectivity index (χ2v) is 6.20. The van der Waals surface area contributed by atoms with Gasteiger partial charge in [-0.2, -0.15) is 0 Å². The van der Waals surface area contributed by atoms with E-state index in [1.165, 1.54) is 6.42 Å². The lowest BCUT2D eigenvalue weighted by molar-refractivity contribution is -0.130. The monoisotopic (exact) mass is 370 g/mol. The highest BCUT2D eigenvalue weighted by molar-refractivity contribution is 5.85. The van der Waals surface area contributed by atoms with Crippen molar-refractivity contribution in [3.05, 3.63) is 23.8 Å². The topological polar surface area (TPSA) is 50.8 Å². The van der Waals surface area contributed by atoms with Crippen LogP contribution in [0.5, 0.6) is 11.5 Å². The number of methoxy groups -OCH3 is 1. The molecule has 0 radical (unpaired) electrons. The van der Waals surface area contributed by atoms with Crippen LogP contribution in [-0.4, -0.2) is 44.2 Å². The van der Waals surface area contributed by atoms with Gasteiger partial charge >= 0.3 is 0 Å². The minimum atomic E-state index is 0. The number of rotatable bonds is 9. The van der Waals surface area contributed by atoms with Gasteiger partial charge in [0.05, 0.1) is 13.7 Å². The van der Waals surface area contributed by atoms with Gasteiger partial charge < -0.3 is 19.7 Å². The van der Waals surface area contributed by atoms with Crippen molar-refractivity contribution in [3.8, 4) is 11.5 Å². The number of halogens is 1. The number of carbonyl (C=O) groups excluding carboxylic acids is 1. The molecule has 5 nitrogen and oxygen atoms in total. The number of hydrogen-bond donors (Lipinski definition) is 1. The minimum absolute atomic E-state index is 0. The normalized spacial score (nSPS) is 14.6. The molecule has 2 rings (SSSR count). The minimum Gasteiger partial charge on any atom is -0.493 e. The number of amides is 1. The Hall–Kier alpha value is -1.46. The summed E-state index contributed by atoms with van der Waals surface area (Å²) in [5, 5.41) is 3.41. The maximum atomic E-state index is 12.0. The lowest BCUT2D eigenvalue weighted by Crippen LogP contribution is -2.36. The number of nitrogens with one attached hydrogen (secondary N) is 1. The predicted octanol–water partition coefficient (Wildman–Crippen LogP) is 3.40. The summed E-state index contributed by atoms with van der Waals surface area (Å²) in [5.41, 5.74) is 1.15. The number of likely N-dealkylation sites (tertiary alicyclic amines) is 1. The number of benzene rings is 1. The molecule has 6 heteroatoms. The fraction of sp³-hybridized carbons (Fsp3) is 0.632. The van der Waals surface area contributed by atoms with Crippen molar-refractivity contribution in [2.75, 3.05) is 33.4 Å². The average molecular weight is 371 g/mol. The molecule has 1 aliphatic rings. The molecule has 0 atom stereocenters. The first kappa shape index (κ1) is 21.6. The standard InChI is InChI=1S/C19H30N2O3.ClH/c1-3-13-24-17-9-8-16(14-18(17)23-2)15-20-10-12-21-11-6-4-5-7-19(21)22;/h8-9,14,20H,3-7,10-13,15H2,1-2H3;1H. The average Bonchev–Trinajstić information content (AvgIpc) is 2.81. The Balaban J connectivity index is 0.00000312. The summed E-state index contributed by atoms with van der Waals surface area (Å²) in [6.45, 7) is 6.03. The van der Waals surface area contributed by atoms with Gasteiger partial charge in [0, 0.05) is 32.6 Å².